The first-order chi connectivity index (χ1) is 9.74. The minimum Gasteiger partial charge on any atom is -0.355 e. The molecule has 0 aromatic carbocycles. The number of aromatic nitrogens is 1. The molecule has 1 aromatic heterocycles. The van der Waals surface area contributed by atoms with Crippen molar-refractivity contribution in [3.8, 4) is 0 Å². The summed E-state index contributed by atoms with van der Waals surface area (Å²) < 4.78 is 0. The molecule has 2 N–H and O–H groups in total. The number of carbonyl (C=O) groups is 1. The van der Waals surface area contributed by atoms with E-state index in [1.807, 2.05) is 6.20 Å². The van der Waals surface area contributed by atoms with Gasteiger partial charge in [-0.15, -0.1) is 11.3 Å². The Morgan fingerprint density at radius 1 is 1.45 bits per heavy atom. The molecule has 1 aliphatic rings. The summed E-state index contributed by atoms with van der Waals surface area (Å²) in [7, 11) is 0. The van der Waals surface area contributed by atoms with Gasteiger partial charge in [-0.25, -0.2) is 4.98 Å². The zero-order valence-electron chi connectivity index (χ0n) is 12.3. The lowest BCUT2D eigenvalue weighted by Gasteiger charge is -2.16. The summed E-state index contributed by atoms with van der Waals surface area (Å²) in [6.45, 7) is 7.75. The maximum absolute atomic E-state index is 11.8. The van der Waals surface area contributed by atoms with Crippen molar-refractivity contribution in [1.82, 2.24) is 15.6 Å². The SMILES string of the molecule is CCN(CC)c1ncc(CNC2CCCCNC2=O)s1. The highest BCUT2D eigenvalue weighted by atomic mass is 32.1. The molecule has 20 heavy (non-hydrogen) atoms. The Balaban J connectivity index is 1.88. The van der Waals surface area contributed by atoms with Crippen LogP contribution < -0.4 is 15.5 Å². The van der Waals surface area contributed by atoms with Crippen molar-refractivity contribution in [3.63, 3.8) is 0 Å². The van der Waals surface area contributed by atoms with Crippen molar-refractivity contribution in [3.05, 3.63) is 11.1 Å². The van der Waals surface area contributed by atoms with Gasteiger partial charge < -0.3 is 15.5 Å². The lowest BCUT2D eigenvalue weighted by atomic mass is 10.1. The third-order valence-electron chi connectivity index (χ3n) is 3.63. The molecule has 1 atom stereocenters. The molecule has 5 nitrogen and oxygen atoms in total. The van der Waals surface area contributed by atoms with Gasteiger partial charge in [0, 0.05) is 37.3 Å². The monoisotopic (exact) mass is 296 g/mol. The van der Waals surface area contributed by atoms with E-state index in [1.165, 1.54) is 4.88 Å². The van der Waals surface area contributed by atoms with Gasteiger partial charge in [-0.3, -0.25) is 4.79 Å². The fourth-order valence-corrected chi connectivity index (χ4v) is 3.37. The molecule has 0 spiro atoms. The molecule has 1 amide bonds. The highest BCUT2D eigenvalue weighted by Gasteiger charge is 2.20. The lowest BCUT2D eigenvalue weighted by molar-refractivity contribution is -0.122. The Morgan fingerprint density at radius 2 is 2.25 bits per heavy atom. The summed E-state index contributed by atoms with van der Waals surface area (Å²) >= 11 is 1.71. The molecule has 0 aliphatic carbocycles. The van der Waals surface area contributed by atoms with E-state index in [4.69, 9.17) is 0 Å². The maximum Gasteiger partial charge on any atom is 0.237 e. The Kier molecular flexibility index (Phi) is 5.79. The van der Waals surface area contributed by atoms with Gasteiger partial charge in [0.05, 0.1) is 6.04 Å². The van der Waals surface area contributed by atoms with E-state index in [0.717, 1.165) is 50.6 Å². The van der Waals surface area contributed by atoms with Crippen molar-refractivity contribution < 1.29 is 4.79 Å². The van der Waals surface area contributed by atoms with Gasteiger partial charge in [0.1, 0.15) is 0 Å². The van der Waals surface area contributed by atoms with E-state index in [1.54, 1.807) is 11.3 Å². The zero-order chi connectivity index (χ0) is 14.4. The fraction of sp³-hybridized carbons (Fsp3) is 0.714. The van der Waals surface area contributed by atoms with Crippen LogP contribution in [-0.2, 0) is 11.3 Å². The number of rotatable bonds is 6. The van der Waals surface area contributed by atoms with Crippen molar-refractivity contribution in [2.45, 2.75) is 45.7 Å². The van der Waals surface area contributed by atoms with Gasteiger partial charge in [0.15, 0.2) is 5.13 Å². The van der Waals surface area contributed by atoms with E-state index in [9.17, 15) is 4.79 Å². The van der Waals surface area contributed by atoms with Gasteiger partial charge in [-0.2, -0.15) is 0 Å². The van der Waals surface area contributed by atoms with Gasteiger partial charge in [-0.1, -0.05) is 0 Å². The quantitative estimate of drug-likeness (QED) is 0.840. The molecule has 1 aliphatic heterocycles. The third kappa shape index (κ3) is 3.93. The van der Waals surface area contributed by atoms with Crippen LogP contribution in [0, 0.1) is 0 Å². The van der Waals surface area contributed by atoms with Crippen LogP contribution in [0.25, 0.3) is 0 Å². The average Bonchev–Trinajstić information content (AvgIpc) is 2.82. The second-order valence-electron chi connectivity index (χ2n) is 5.00. The zero-order valence-corrected chi connectivity index (χ0v) is 13.1. The number of hydrogen-bond acceptors (Lipinski definition) is 5. The van der Waals surface area contributed by atoms with Crippen LogP contribution in [-0.4, -0.2) is 36.6 Å². The van der Waals surface area contributed by atoms with Gasteiger partial charge in [0.25, 0.3) is 0 Å². The molecule has 1 unspecified atom stereocenters. The summed E-state index contributed by atoms with van der Waals surface area (Å²) in [5.41, 5.74) is 0. The van der Waals surface area contributed by atoms with Crippen LogP contribution in [0.2, 0.25) is 0 Å². The third-order valence-corrected chi connectivity index (χ3v) is 4.69. The molecule has 0 saturated carbocycles. The summed E-state index contributed by atoms with van der Waals surface area (Å²) in [5.74, 6) is 0.135. The molecule has 1 saturated heterocycles. The predicted octanol–water partition coefficient (Wildman–Crippen LogP) is 1.75. The predicted molar refractivity (Wildman–Crippen MR) is 83.2 cm³/mol. The Bertz CT molecular complexity index is 431. The van der Waals surface area contributed by atoms with Crippen molar-refractivity contribution in [2.75, 3.05) is 24.5 Å². The number of nitrogens with one attached hydrogen (secondary N) is 2. The first-order valence-electron chi connectivity index (χ1n) is 7.45. The molecule has 112 valence electrons. The minimum absolute atomic E-state index is 0.0588. The molecular weight excluding hydrogens is 272 g/mol. The molecule has 1 fully saturated rings. The number of thiazole rings is 1. The highest BCUT2D eigenvalue weighted by molar-refractivity contribution is 7.15. The smallest absolute Gasteiger partial charge is 0.237 e. The summed E-state index contributed by atoms with van der Waals surface area (Å²) in [4.78, 5) is 19.7. The summed E-state index contributed by atoms with van der Waals surface area (Å²) in [6.07, 6.45) is 5.02. The highest BCUT2D eigenvalue weighted by Crippen LogP contribution is 2.22. The van der Waals surface area contributed by atoms with Gasteiger partial charge >= 0.3 is 0 Å². The molecule has 2 heterocycles. The number of nitrogens with zero attached hydrogens (tertiary/aromatic N) is 2. The number of carbonyl (C=O) groups excluding carboxylic acids is 1. The van der Waals surface area contributed by atoms with Crippen molar-refractivity contribution in [2.24, 2.45) is 0 Å². The Morgan fingerprint density at radius 3 is 3.00 bits per heavy atom. The van der Waals surface area contributed by atoms with Crippen LogP contribution in [0.15, 0.2) is 6.20 Å². The van der Waals surface area contributed by atoms with Crippen LogP contribution in [0.4, 0.5) is 5.13 Å². The first-order valence-corrected chi connectivity index (χ1v) is 8.27. The topological polar surface area (TPSA) is 57.3 Å². The normalized spacial score (nSPS) is 19.5. The van der Waals surface area contributed by atoms with Crippen LogP contribution in [0.1, 0.15) is 38.0 Å². The Hall–Kier alpha value is -1.14. The van der Waals surface area contributed by atoms with Crippen LogP contribution >= 0.6 is 11.3 Å². The molecule has 1 aromatic rings. The van der Waals surface area contributed by atoms with E-state index < -0.39 is 0 Å². The van der Waals surface area contributed by atoms with E-state index in [-0.39, 0.29) is 11.9 Å². The maximum atomic E-state index is 11.8. The van der Waals surface area contributed by atoms with Gasteiger partial charge in [-0.05, 0) is 33.1 Å². The molecule has 2 rings (SSSR count). The van der Waals surface area contributed by atoms with E-state index >= 15 is 0 Å². The Labute approximate surface area is 124 Å². The summed E-state index contributed by atoms with van der Waals surface area (Å²) in [6, 6.07) is -0.0588. The molecule has 0 bridgehead atoms. The molecule has 0 radical (unpaired) electrons. The second-order valence-corrected chi connectivity index (χ2v) is 6.10. The van der Waals surface area contributed by atoms with Crippen molar-refractivity contribution in [1.29, 1.82) is 0 Å². The van der Waals surface area contributed by atoms with E-state index in [2.05, 4.69) is 34.4 Å². The molecule has 6 heteroatoms. The average molecular weight is 296 g/mol. The van der Waals surface area contributed by atoms with E-state index in [0.29, 0.717) is 0 Å². The first kappa shape index (κ1) is 15.3. The van der Waals surface area contributed by atoms with Gasteiger partial charge in [0.2, 0.25) is 5.91 Å². The van der Waals surface area contributed by atoms with Crippen LogP contribution in [0.3, 0.4) is 0 Å². The number of anilines is 1. The van der Waals surface area contributed by atoms with Crippen molar-refractivity contribution >= 4 is 22.4 Å². The largest absolute Gasteiger partial charge is 0.355 e. The summed E-state index contributed by atoms with van der Waals surface area (Å²) in [5, 5.41) is 7.37. The lowest BCUT2D eigenvalue weighted by Crippen LogP contribution is -2.42. The standard InChI is InChI=1S/C14H24N4OS/c1-3-18(4-2)14-17-10-11(20-14)9-16-12-7-5-6-8-15-13(12)19/h10,12,16H,3-9H2,1-2H3,(H,15,19). The minimum atomic E-state index is -0.0588. The van der Waals surface area contributed by atoms with Crippen LogP contribution in [0.5, 0.6) is 0 Å². The number of hydrogen-bond donors (Lipinski definition) is 2. The fourth-order valence-electron chi connectivity index (χ4n) is 2.38. The number of amides is 1. The second kappa shape index (κ2) is 7.59. The molecular formula is C14H24N4OS.